The Morgan fingerprint density at radius 2 is 2.18 bits per heavy atom. The normalized spacial score (nSPS) is 12.0. The number of aromatic nitrogens is 2. The van der Waals surface area contributed by atoms with Crippen LogP contribution in [0.4, 0.5) is 0 Å². The first-order valence-electron chi connectivity index (χ1n) is 7.02. The zero-order valence-corrected chi connectivity index (χ0v) is 13.5. The van der Waals surface area contributed by atoms with E-state index >= 15 is 0 Å². The van der Waals surface area contributed by atoms with Crippen LogP contribution in [0, 0.1) is 5.41 Å². The van der Waals surface area contributed by atoms with Crippen molar-refractivity contribution in [3.05, 3.63) is 34.8 Å². The summed E-state index contributed by atoms with van der Waals surface area (Å²) in [5, 5.41) is 2.94. The lowest BCUT2D eigenvalue weighted by Crippen LogP contribution is -2.31. The molecule has 1 aromatic carbocycles. The third-order valence-corrected chi connectivity index (χ3v) is 4.25. The highest BCUT2D eigenvalue weighted by Crippen LogP contribution is 2.24. The Kier molecular flexibility index (Phi) is 3.48. The van der Waals surface area contributed by atoms with Gasteiger partial charge in [-0.15, -0.1) is 0 Å². The van der Waals surface area contributed by atoms with E-state index in [9.17, 15) is 9.59 Å². The van der Waals surface area contributed by atoms with Crippen molar-refractivity contribution in [2.45, 2.75) is 20.8 Å². The number of carbonyl (C=O) groups excluding carboxylic acids is 2. The number of carbonyl (C=O) groups is 2. The van der Waals surface area contributed by atoms with Crippen LogP contribution >= 0.6 is 11.3 Å². The van der Waals surface area contributed by atoms with E-state index in [-0.39, 0.29) is 11.3 Å². The Bertz CT molecular complexity index is 871. The maximum Gasteiger partial charge on any atom is 0.263 e. The Morgan fingerprint density at radius 3 is 2.86 bits per heavy atom. The van der Waals surface area contributed by atoms with Gasteiger partial charge >= 0.3 is 0 Å². The molecule has 22 heavy (non-hydrogen) atoms. The van der Waals surface area contributed by atoms with Crippen LogP contribution in [0.2, 0.25) is 0 Å². The Hall–Kier alpha value is -2.21. The summed E-state index contributed by atoms with van der Waals surface area (Å²) in [7, 11) is 0. The van der Waals surface area contributed by atoms with Gasteiger partial charge in [0.25, 0.3) is 5.91 Å². The van der Waals surface area contributed by atoms with Crippen LogP contribution in [0.5, 0.6) is 0 Å². The molecule has 2 heterocycles. The number of aldehydes is 1. The molecule has 0 aliphatic rings. The van der Waals surface area contributed by atoms with Crippen molar-refractivity contribution in [2.24, 2.45) is 5.41 Å². The molecule has 0 spiro atoms. The minimum Gasteiger partial charge on any atom is -0.351 e. The zero-order chi connectivity index (χ0) is 15.9. The van der Waals surface area contributed by atoms with Crippen LogP contribution < -0.4 is 5.32 Å². The number of nitrogens with zero attached hydrogens (tertiary/aromatic N) is 2. The van der Waals surface area contributed by atoms with E-state index in [2.05, 4.69) is 31.1 Å². The van der Waals surface area contributed by atoms with Gasteiger partial charge in [-0.3, -0.25) is 14.0 Å². The number of imidazole rings is 1. The average molecular weight is 315 g/mol. The van der Waals surface area contributed by atoms with Crippen LogP contribution in [-0.4, -0.2) is 28.1 Å². The predicted octanol–water partition coefficient (Wildman–Crippen LogP) is 3.14. The molecule has 0 aliphatic carbocycles. The zero-order valence-electron chi connectivity index (χ0n) is 12.7. The largest absolute Gasteiger partial charge is 0.351 e. The number of hydrogen-bond donors (Lipinski definition) is 1. The van der Waals surface area contributed by atoms with Crippen LogP contribution in [-0.2, 0) is 0 Å². The van der Waals surface area contributed by atoms with Crippen molar-refractivity contribution < 1.29 is 9.59 Å². The molecule has 6 heteroatoms. The summed E-state index contributed by atoms with van der Waals surface area (Å²) in [6.45, 7) is 6.85. The number of nitrogens with one attached hydrogen (secondary N) is 1. The van der Waals surface area contributed by atoms with Gasteiger partial charge in [0.05, 0.1) is 11.0 Å². The molecule has 1 N–H and O–H groups in total. The van der Waals surface area contributed by atoms with Gasteiger partial charge in [-0.25, -0.2) is 4.98 Å². The van der Waals surface area contributed by atoms with E-state index < -0.39 is 0 Å². The monoisotopic (exact) mass is 315 g/mol. The van der Waals surface area contributed by atoms with E-state index in [0.717, 1.165) is 22.3 Å². The average Bonchev–Trinajstić information content (AvgIpc) is 3.00. The number of hydrogen-bond acceptors (Lipinski definition) is 4. The van der Waals surface area contributed by atoms with Crippen molar-refractivity contribution in [2.75, 3.05) is 6.54 Å². The summed E-state index contributed by atoms with van der Waals surface area (Å²) < 4.78 is 1.89. The fourth-order valence-corrected chi connectivity index (χ4v) is 3.06. The highest BCUT2D eigenvalue weighted by molar-refractivity contribution is 7.18. The molecule has 0 radical (unpaired) electrons. The molecule has 3 rings (SSSR count). The first-order valence-corrected chi connectivity index (χ1v) is 7.84. The fourth-order valence-electron chi connectivity index (χ4n) is 2.14. The van der Waals surface area contributed by atoms with Gasteiger partial charge in [-0.05, 0) is 23.6 Å². The third kappa shape index (κ3) is 2.74. The lowest BCUT2D eigenvalue weighted by atomic mass is 9.97. The SMILES string of the molecule is CC(C)(C)CNC(=O)c1cn2c(nc3cc(C=O)ccc32)s1. The molecule has 0 fully saturated rings. The minimum atomic E-state index is -0.0805. The van der Waals surface area contributed by atoms with Gasteiger partial charge in [-0.1, -0.05) is 32.1 Å². The van der Waals surface area contributed by atoms with Gasteiger partial charge < -0.3 is 5.32 Å². The van der Waals surface area contributed by atoms with E-state index in [1.165, 1.54) is 11.3 Å². The van der Waals surface area contributed by atoms with E-state index in [1.807, 2.05) is 10.5 Å². The quantitative estimate of drug-likeness (QED) is 0.755. The first kappa shape index (κ1) is 14.7. The van der Waals surface area contributed by atoms with Crippen LogP contribution in [0.3, 0.4) is 0 Å². The molecule has 0 bridgehead atoms. The summed E-state index contributed by atoms with van der Waals surface area (Å²) in [4.78, 5) is 28.9. The molecule has 0 aliphatic heterocycles. The van der Waals surface area contributed by atoms with E-state index in [0.29, 0.717) is 17.0 Å². The highest BCUT2D eigenvalue weighted by atomic mass is 32.1. The summed E-state index contributed by atoms with van der Waals surface area (Å²) in [6, 6.07) is 5.35. The topological polar surface area (TPSA) is 63.5 Å². The second kappa shape index (κ2) is 5.21. The van der Waals surface area contributed by atoms with Gasteiger partial charge in [0.2, 0.25) is 0 Å². The maximum absolute atomic E-state index is 12.2. The van der Waals surface area contributed by atoms with Crippen molar-refractivity contribution in [1.29, 1.82) is 0 Å². The number of fused-ring (bicyclic) bond motifs is 3. The molecular weight excluding hydrogens is 298 g/mol. The molecule has 0 saturated carbocycles. The fraction of sp³-hybridized carbons (Fsp3) is 0.312. The van der Waals surface area contributed by atoms with Crippen molar-refractivity contribution in [3.8, 4) is 0 Å². The van der Waals surface area contributed by atoms with Crippen molar-refractivity contribution >= 4 is 39.5 Å². The smallest absolute Gasteiger partial charge is 0.263 e. The summed E-state index contributed by atoms with van der Waals surface area (Å²) in [5.74, 6) is -0.0805. The number of amides is 1. The molecule has 114 valence electrons. The lowest BCUT2D eigenvalue weighted by Gasteiger charge is -2.18. The van der Waals surface area contributed by atoms with Gasteiger partial charge in [0, 0.05) is 18.3 Å². The number of benzene rings is 1. The Labute approximate surface area is 132 Å². The molecule has 5 nitrogen and oxygen atoms in total. The molecule has 3 aromatic rings. The predicted molar refractivity (Wildman–Crippen MR) is 87.8 cm³/mol. The molecule has 1 amide bonds. The standard InChI is InChI=1S/C16H17N3O2S/c1-16(2,3)9-17-14(21)13-7-19-12-5-4-10(8-20)6-11(12)18-15(19)22-13/h4-8H,9H2,1-3H3,(H,17,21). The second-order valence-electron chi connectivity index (χ2n) is 6.47. The van der Waals surface area contributed by atoms with Gasteiger partial charge in [0.1, 0.15) is 11.2 Å². The summed E-state index contributed by atoms with van der Waals surface area (Å²) >= 11 is 1.35. The van der Waals surface area contributed by atoms with Gasteiger partial charge in [-0.2, -0.15) is 0 Å². The van der Waals surface area contributed by atoms with Gasteiger partial charge in [0.15, 0.2) is 4.96 Å². The number of rotatable bonds is 3. The Balaban J connectivity index is 1.93. The Morgan fingerprint density at radius 1 is 1.41 bits per heavy atom. The summed E-state index contributed by atoms with van der Waals surface area (Å²) in [5.41, 5.74) is 2.30. The second-order valence-corrected chi connectivity index (χ2v) is 7.48. The minimum absolute atomic E-state index is 0.0466. The van der Waals surface area contributed by atoms with E-state index in [1.54, 1.807) is 18.3 Å². The van der Waals surface area contributed by atoms with Crippen molar-refractivity contribution in [3.63, 3.8) is 0 Å². The van der Waals surface area contributed by atoms with Crippen LogP contribution in [0.1, 0.15) is 40.8 Å². The molecule has 0 saturated heterocycles. The lowest BCUT2D eigenvalue weighted by molar-refractivity contribution is 0.0943. The van der Waals surface area contributed by atoms with Crippen molar-refractivity contribution in [1.82, 2.24) is 14.7 Å². The summed E-state index contributed by atoms with van der Waals surface area (Å²) in [6.07, 6.45) is 2.60. The van der Waals surface area contributed by atoms with Crippen LogP contribution in [0.15, 0.2) is 24.4 Å². The maximum atomic E-state index is 12.2. The van der Waals surface area contributed by atoms with E-state index in [4.69, 9.17) is 0 Å². The highest BCUT2D eigenvalue weighted by Gasteiger charge is 2.17. The molecule has 0 atom stereocenters. The molecular formula is C16H17N3O2S. The molecule has 0 unspecified atom stereocenters. The third-order valence-electron chi connectivity index (χ3n) is 3.27. The number of thiazole rings is 1. The van der Waals surface area contributed by atoms with Crippen LogP contribution in [0.25, 0.3) is 16.0 Å². The first-order chi connectivity index (χ1) is 10.4. The molecule has 2 aromatic heterocycles.